The highest BCUT2D eigenvalue weighted by Crippen LogP contribution is 2.37. The Kier molecular flexibility index (Phi) is 3.30. The van der Waals surface area contributed by atoms with Crippen LogP contribution >= 0.6 is 0 Å². The SMILES string of the molecule is Cc1ccccc1C(N)c1cc(C)c2c(c1)C(C)C(=O)N2. The minimum Gasteiger partial charge on any atom is -0.325 e. The van der Waals surface area contributed by atoms with Gasteiger partial charge >= 0.3 is 0 Å². The summed E-state index contributed by atoms with van der Waals surface area (Å²) >= 11 is 0. The predicted molar refractivity (Wildman–Crippen MR) is 85.4 cm³/mol. The molecule has 0 saturated heterocycles. The summed E-state index contributed by atoms with van der Waals surface area (Å²) in [6.07, 6.45) is 0. The summed E-state index contributed by atoms with van der Waals surface area (Å²) in [4.78, 5) is 11.8. The highest BCUT2D eigenvalue weighted by molar-refractivity contribution is 6.03. The highest BCUT2D eigenvalue weighted by Gasteiger charge is 2.29. The van der Waals surface area contributed by atoms with E-state index in [1.165, 1.54) is 5.56 Å². The second-order valence-electron chi connectivity index (χ2n) is 5.85. The van der Waals surface area contributed by atoms with Gasteiger partial charge in [-0.2, -0.15) is 0 Å². The lowest BCUT2D eigenvalue weighted by Gasteiger charge is -2.18. The van der Waals surface area contributed by atoms with Gasteiger partial charge in [0.2, 0.25) is 5.91 Å². The smallest absolute Gasteiger partial charge is 0.231 e. The Labute approximate surface area is 125 Å². The molecule has 0 saturated carbocycles. The molecular weight excluding hydrogens is 260 g/mol. The number of amides is 1. The van der Waals surface area contributed by atoms with Gasteiger partial charge in [-0.05, 0) is 48.6 Å². The van der Waals surface area contributed by atoms with Gasteiger partial charge in [-0.15, -0.1) is 0 Å². The number of carbonyl (C=O) groups is 1. The number of hydrogen-bond acceptors (Lipinski definition) is 2. The first-order valence-corrected chi connectivity index (χ1v) is 7.25. The fourth-order valence-electron chi connectivity index (χ4n) is 3.02. The van der Waals surface area contributed by atoms with Crippen molar-refractivity contribution in [2.75, 3.05) is 5.32 Å². The quantitative estimate of drug-likeness (QED) is 0.885. The minimum atomic E-state index is -0.168. The van der Waals surface area contributed by atoms with Gasteiger partial charge in [-0.3, -0.25) is 4.79 Å². The van der Waals surface area contributed by atoms with E-state index < -0.39 is 0 Å². The summed E-state index contributed by atoms with van der Waals surface area (Å²) < 4.78 is 0. The number of nitrogens with one attached hydrogen (secondary N) is 1. The largest absolute Gasteiger partial charge is 0.325 e. The third-order valence-electron chi connectivity index (χ3n) is 4.38. The Bertz CT molecular complexity index is 721. The van der Waals surface area contributed by atoms with Crippen LogP contribution in [0.1, 0.15) is 46.7 Å². The average Bonchev–Trinajstić information content (AvgIpc) is 2.75. The normalized spacial score (nSPS) is 18.3. The van der Waals surface area contributed by atoms with Crippen LogP contribution in [0.3, 0.4) is 0 Å². The maximum Gasteiger partial charge on any atom is 0.231 e. The molecule has 1 aliphatic rings. The standard InChI is InChI=1S/C18H20N2O/c1-10-6-4-5-7-14(10)16(19)13-8-11(2)17-15(9-13)12(3)18(21)20-17/h4-9,12,16H,19H2,1-3H3,(H,20,21). The molecule has 0 bridgehead atoms. The van der Waals surface area contributed by atoms with Gasteiger partial charge in [0.25, 0.3) is 0 Å². The zero-order chi connectivity index (χ0) is 15.1. The van der Waals surface area contributed by atoms with Crippen LogP contribution in [-0.2, 0) is 4.79 Å². The summed E-state index contributed by atoms with van der Waals surface area (Å²) in [5.41, 5.74) is 12.9. The van der Waals surface area contributed by atoms with Gasteiger partial charge in [0.05, 0.1) is 12.0 Å². The molecule has 2 aromatic carbocycles. The van der Waals surface area contributed by atoms with Gasteiger partial charge in [-0.25, -0.2) is 0 Å². The monoisotopic (exact) mass is 280 g/mol. The van der Waals surface area contributed by atoms with Gasteiger partial charge in [0.1, 0.15) is 0 Å². The van der Waals surface area contributed by atoms with Crippen LogP contribution in [0.4, 0.5) is 5.69 Å². The summed E-state index contributed by atoms with van der Waals surface area (Å²) in [6.45, 7) is 6.03. The zero-order valence-electron chi connectivity index (χ0n) is 12.6. The molecule has 3 rings (SSSR count). The lowest BCUT2D eigenvalue weighted by molar-refractivity contribution is -0.116. The molecule has 2 atom stereocenters. The lowest BCUT2D eigenvalue weighted by atomic mass is 9.91. The van der Waals surface area contributed by atoms with Crippen LogP contribution in [0.15, 0.2) is 36.4 Å². The van der Waals surface area contributed by atoms with Crippen molar-refractivity contribution < 1.29 is 4.79 Å². The first kappa shape index (κ1) is 13.8. The number of benzene rings is 2. The molecular formula is C18H20N2O. The molecule has 2 unspecified atom stereocenters. The number of rotatable bonds is 2. The summed E-state index contributed by atoms with van der Waals surface area (Å²) in [5, 5.41) is 2.95. The molecule has 0 spiro atoms. The molecule has 0 fully saturated rings. The Balaban J connectivity index is 2.07. The molecule has 3 N–H and O–H groups in total. The Morgan fingerprint density at radius 2 is 1.86 bits per heavy atom. The molecule has 3 heteroatoms. The molecule has 1 heterocycles. The Morgan fingerprint density at radius 3 is 2.57 bits per heavy atom. The van der Waals surface area contributed by atoms with E-state index in [0.29, 0.717) is 0 Å². The van der Waals surface area contributed by atoms with E-state index >= 15 is 0 Å². The van der Waals surface area contributed by atoms with Crippen LogP contribution in [0.25, 0.3) is 0 Å². The maximum absolute atomic E-state index is 11.8. The van der Waals surface area contributed by atoms with E-state index in [0.717, 1.165) is 27.9 Å². The van der Waals surface area contributed by atoms with Crippen molar-refractivity contribution in [3.8, 4) is 0 Å². The van der Waals surface area contributed by atoms with Crippen molar-refractivity contribution in [2.24, 2.45) is 5.73 Å². The van der Waals surface area contributed by atoms with Crippen molar-refractivity contribution in [1.82, 2.24) is 0 Å². The zero-order valence-corrected chi connectivity index (χ0v) is 12.6. The molecule has 0 aromatic heterocycles. The fourth-order valence-corrected chi connectivity index (χ4v) is 3.02. The molecule has 3 nitrogen and oxygen atoms in total. The fraction of sp³-hybridized carbons (Fsp3) is 0.278. The third kappa shape index (κ3) is 2.24. The second kappa shape index (κ2) is 5.01. The van der Waals surface area contributed by atoms with Crippen molar-refractivity contribution in [1.29, 1.82) is 0 Å². The number of carbonyl (C=O) groups excluding carboxylic acids is 1. The van der Waals surface area contributed by atoms with Gasteiger partial charge in [0.15, 0.2) is 0 Å². The van der Waals surface area contributed by atoms with Gasteiger partial charge in [0, 0.05) is 5.69 Å². The first-order valence-electron chi connectivity index (χ1n) is 7.25. The third-order valence-corrected chi connectivity index (χ3v) is 4.38. The lowest BCUT2D eigenvalue weighted by Crippen LogP contribution is -2.14. The first-order chi connectivity index (χ1) is 9.99. The van der Waals surface area contributed by atoms with Gasteiger partial charge in [-0.1, -0.05) is 36.4 Å². The van der Waals surface area contributed by atoms with Crippen LogP contribution in [0, 0.1) is 13.8 Å². The number of hydrogen-bond donors (Lipinski definition) is 2. The number of anilines is 1. The number of fused-ring (bicyclic) bond motifs is 1. The van der Waals surface area contributed by atoms with Crippen molar-refractivity contribution >= 4 is 11.6 Å². The molecule has 108 valence electrons. The van der Waals surface area contributed by atoms with E-state index in [4.69, 9.17) is 5.73 Å². The number of nitrogens with two attached hydrogens (primary N) is 1. The molecule has 0 radical (unpaired) electrons. The topological polar surface area (TPSA) is 55.1 Å². The Hall–Kier alpha value is -2.13. The predicted octanol–water partition coefficient (Wildman–Crippen LogP) is 3.41. The molecule has 0 aliphatic carbocycles. The molecule has 1 aliphatic heterocycles. The Morgan fingerprint density at radius 1 is 1.14 bits per heavy atom. The van der Waals surface area contributed by atoms with Crippen molar-refractivity contribution in [3.63, 3.8) is 0 Å². The number of aryl methyl sites for hydroxylation is 2. The summed E-state index contributed by atoms with van der Waals surface area (Å²) in [7, 11) is 0. The van der Waals surface area contributed by atoms with E-state index in [-0.39, 0.29) is 17.9 Å². The molecule has 1 amide bonds. The highest BCUT2D eigenvalue weighted by atomic mass is 16.2. The maximum atomic E-state index is 11.8. The summed E-state index contributed by atoms with van der Waals surface area (Å²) in [6, 6.07) is 12.1. The summed E-state index contributed by atoms with van der Waals surface area (Å²) in [5.74, 6) is -0.0440. The van der Waals surface area contributed by atoms with Crippen LogP contribution < -0.4 is 11.1 Å². The second-order valence-corrected chi connectivity index (χ2v) is 5.85. The van der Waals surface area contributed by atoms with Crippen LogP contribution in [-0.4, -0.2) is 5.91 Å². The molecule has 2 aromatic rings. The minimum absolute atomic E-state index is 0.0645. The van der Waals surface area contributed by atoms with E-state index in [1.54, 1.807) is 0 Å². The van der Waals surface area contributed by atoms with Crippen LogP contribution in [0.2, 0.25) is 0 Å². The van der Waals surface area contributed by atoms with Crippen molar-refractivity contribution in [2.45, 2.75) is 32.7 Å². The average molecular weight is 280 g/mol. The van der Waals surface area contributed by atoms with Gasteiger partial charge < -0.3 is 11.1 Å². The van der Waals surface area contributed by atoms with Crippen LogP contribution in [0.5, 0.6) is 0 Å². The van der Waals surface area contributed by atoms with E-state index in [2.05, 4.69) is 36.5 Å². The van der Waals surface area contributed by atoms with E-state index in [1.807, 2.05) is 26.0 Å². The molecule has 21 heavy (non-hydrogen) atoms. The van der Waals surface area contributed by atoms with E-state index in [9.17, 15) is 4.79 Å². The van der Waals surface area contributed by atoms with Crippen molar-refractivity contribution in [3.05, 3.63) is 64.2 Å².